The molecule has 2 aromatic carbocycles. The van der Waals surface area contributed by atoms with E-state index < -0.39 is 10.0 Å². The maximum atomic E-state index is 12.7. The zero-order valence-corrected chi connectivity index (χ0v) is 17.0. The molecule has 0 atom stereocenters. The number of fused-ring (bicyclic) bond motifs is 1. The van der Waals surface area contributed by atoms with E-state index in [2.05, 4.69) is 22.0 Å². The predicted molar refractivity (Wildman–Crippen MR) is 105 cm³/mol. The van der Waals surface area contributed by atoms with Crippen molar-refractivity contribution in [2.24, 2.45) is 0 Å². The van der Waals surface area contributed by atoms with Crippen molar-refractivity contribution in [2.45, 2.75) is 19.5 Å². The summed E-state index contributed by atoms with van der Waals surface area (Å²) in [5.41, 5.74) is 3.23. The van der Waals surface area contributed by atoms with E-state index in [9.17, 15) is 13.2 Å². The Balaban J connectivity index is 1.71. The standard InChI is InChI=1S/C19H21BrN2O3S/c1-26(24,25)22(12-15-6-8-18(20)9-7-15)14-19(23)21-11-10-16-4-2-3-5-17(16)13-21/h2-9H,10-14H2,1H3. The van der Waals surface area contributed by atoms with Gasteiger partial charge < -0.3 is 4.90 Å². The first-order valence-electron chi connectivity index (χ1n) is 8.37. The largest absolute Gasteiger partial charge is 0.337 e. The van der Waals surface area contributed by atoms with Crippen LogP contribution in [0.5, 0.6) is 0 Å². The highest BCUT2D eigenvalue weighted by molar-refractivity contribution is 9.10. The maximum absolute atomic E-state index is 12.7. The lowest BCUT2D eigenvalue weighted by molar-refractivity contribution is -0.132. The average Bonchev–Trinajstić information content (AvgIpc) is 2.61. The summed E-state index contributed by atoms with van der Waals surface area (Å²) in [5, 5.41) is 0. The molecule has 0 N–H and O–H groups in total. The molecule has 7 heteroatoms. The molecule has 138 valence electrons. The molecule has 1 aliphatic rings. The van der Waals surface area contributed by atoms with Crippen molar-refractivity contribution in [2.75, 3.05) is 19.3 Å². The van der Waals surface area contributed by atoms with Gasteiger partial charge in [-0.05, 0) is 35.2 Å². The summed E-state index contributed by atoms with van der Waals surface area (Å²) >= 11 is 3.36. The SMILES string of the molecule is CS(=O)(=O)N(CC(=O)N1CCc2ccccc2C1)Cc1ccc(Br)cc1. The van der Waals surface area contributed by atoms with Crippen LogP contribution in [0.15, 0.2) is 53.0 Å². The van der Waals surface area contributed by atoms with Gasteiger partial charge in [-0.1, -0.05) is 52.3 Å². The van der Waals surface area contributed by atoms with E-state index in [4.69, 9.17) is 0 Å². The number of nitrogens with zero attached hydrogens (tertiary/aromatic N) is 2. The Bertz CT molecular complexity index is 897. The number of sulfonamides is 1. The molecule has 0 fully saturated rings. The number of rotatable bonds is 5. The van der Waals surface area contributed by atoms with Gasteiger partial charge in [0.05, 0.1) is 12.8 Å². The molecule has 0 spiro atoms. The molecular weight excluding hydrogens is 416 g/mol. The smallest absolute Gasteiger partial charge is 0.238 e. The molecule has 0 unspecified atom stereocenters. The zero-order valence-electron chi connectivity index (χ0n) is 14.6. The van der Waals surface area contributed by atoms with Crippen LogP contribution >= 0.6 is 15.9 Å². The Hall–Kier alpha value is -1.70. The summed E-state index contributed by atoms with van der Waals surface area (Å²) in [6.07, 6.45) is 1.94. The zero-order chi connectivity index (χ0) is 18.7. The summed E-state index contributed by atoms with van der Waals surface area (Å²) in [6.45, 7) is 1.19. The van der Waals surface area contributed by atoms with E-state index in [1.54, 1.807) is 4.90 Å². The lowest BCUT2D eigenvalue weighted by atomic mass is 10.00. The fourth-order valence-electron chi connectivity index (χ4n) is 3.04. The molecule has 0 saturated heterocycles. The molecular formula is C19H21BrN2O3S. The molecule has 0 saturated carbocycles. The summed E-state index contributed by atoms with van der Waals surface area (Å²) in [4.78, 5) is 14.5. The van der Waals surface area contributed by atoms with Gasteiger partial charge >= 0.3 is 0 Å². The van der Waals surface area contributed by atoms with Crippen molar-refractivity contribution >= 4 is 31.9 Å². The third kappa shape index (κ3) is 4.72. The van der Waals surface area contributed by atoms with Crippen LogP contribution in [0.2, 0.25) is 0 Å². The second-order valence-electron chi connectivity index (χ2n) is 6.49. The molecule has 2 aromatic rings. The monoisotopic (exact) mass is 436 g/mol. The van der Waals surface area contributed by atoms with Crippen LogP contribution in [0, 0.1) is 0 Å². The van der Waals surface area contributed by atoms with E-state index in [0.717, 1.165) is 28.3 Å². The molecule has 5 nitrogen and oxygen atoms in total. The van der Waals surface area contributed by atoms with Crippen molar-refractivity contribution in [3.8, 4) is 0 Å². The molecule has 3 rings (SSSR count). The highest BCUT2D eigenvalue weighted by Gasteiger charge is 2.26. The molecule has 0 radical (unpaired) electrons. The Morgan fingerprint density at radius 2 is 1.77 bits per heavy atom. The lowest BCUT2D eigenvalue weighted by Gasteiger charge is -2.30. The van der Waals surface area contributed by atoms with E-state index in [1.165, 1.54) is 9.87 Å². The molecule has 1 aliphatic heterocycles. The third-order valence-corrected chi connectivity index (χ3v) is 6.26. The van der Waals surface area contributed by atoms with Crippen molar-refractivity contribution in [1.29, 1.82) is 0 Å². The fourth-order valence-corrected chi connectivity index (χ4v) is 4.04. The predicted octanol–water partition coefficient (Wildman–Crippen LogP) is 2.80. The van der Waals surface area contributed by atoms with Crippen LogP contribution in [-0.2, 0) is 34.3 Å². The minimum absolute atomic E-state index is 0.142. The third-order valence-electron chi connectivity index (χ3n) is 4.54. The molecule has 0 aromatic heterocycles. The Kier molecular flexibility index (Phi) is 5.79. The van der Waals surface area contributed by atoms with Gasteiger partial charge in [0.2, 0.25) is 15.9 Å². The number of carbonyl (C=O) groups is 1. The van der Waals surface area contributed by atoms with Crippen molar-refractivity contribution in [3.05, 3.63) is 69.7 Å². The van der Waals surface area contributed by atoms with Gasteiger partial charge in [-0.25, -0.2) is 8.42 Å². The number of carbonyl (C=O) groups excluding carboxylic acids is 1. The molecule has 26 heavy (non-hydrogen) atoms. The van der Waals surface area contributed by atoms with Crippen molar-refractivity contribution in [3.63, 3.8) is 0 Å². The van der Waals surface area contributed by atoms with E-state index in [1.807, 2.05) is 42.5 Å². The van der Waals surface area contributed by atoms with Crippen LogP contribution < -0.4 is 0 Å². The first kappa shape index (κ1) is 19.1. The minimum Gasteiger partial charge on any atom is -0.337 e. The topological polar surface area (TPSA) is 57.7 Å². The van der Waals surface area contributed by atoms with Gasteiger partial charge in [0, 0.05) is 24.1 Å². The van der Waals surface area contributed by atoms with Crippen LogP contribution in [0.1, 0.15) is 16.7 Å². The highest BCUT2D eigenvalue weighted by atomic mass is 79.9. The van der Waals surface area contributed by atoms with Crippen LogP contribution in [0.25, 0.3) is 0 Å². The normalized spacial score (nSPS) is 14.3. The molecule has 0 aliphatic carbocycles. The van der Waals surface area contributed by atoms with Gasteiger partial charge in [0.15, 0.2) is 0 Å². The maximum Gasteiger partial charge on any atom is 0.238 e. The summed E-state index contributed by atoms with van der Waals surface area (Å²) in [7, 11) is -3.49. The average molecular weight is 437 g/mol. The van der Waals surface area contributed by atoms with Crippen molar-refractivity contribution < 1.29 is 13.2 Å². The van der Waals surface area contributed by atoms with Gasteiger partial charge in [-0.2, -0.15) is 4.31 Å². The molecule has 1 heterocycles. The van der Waals surface area contributed by atoms with Gasteiger partial charge in [0.1, 0.15) is 0 Å². The fraction of sp³-hybridized carbons (Fsp3) is 0.316. The lowest BCUT2D eigenvalue weighted by Crippen LogP contribution is -2.44. The second-order valence-corrected chi connectivity index (χ2v) is 9.39. The van der Waals surface area contributed by atoms with Gasteiger partial charge in [-0.3, -0.25) is 4.79 Å². The van der Waals surface area contributed by atoms with Crippen LogP contribution in [-0.4, -0.2) is 42.9 Å². The molecule has 0 bridgehead atoms. The van der Waals surface area contributed by atoms with E-state index in [-0.39, 0.29) is 19.0 Å². The first-order chi connectivity index (χ1) is 12.3. The van der Waals surface area contributed by atoms with Crippen LogP contribution in [0.3, 0.4) is 0 Å². The second kappa shape index (κ2) is 7.90. The number of halogens is 1. The Morgan fingerprint density at radius 1 is 1.12 bits per heavy atom. The number of hydrogen-bond acceptors (Lipinski definition) is 3. The number of amides is 1. The summed E-state index contributed by atoms with van der Waals surface area (Å²) in [6, 6.07) is 15.5. The number of benzene rings is 2. The van der Waals surface area contributed by atoms with E-state index >= 15 is 0 Å². The number of hydrogen-bond donors (Lipinski definition) is 0. The highest BCUT2D eigenvalue weighted by Crippen LogP contribution is 2.19. The van der Waals surface area contributed by atoms with Gasteiger partial charge in [0.25, 0.3) is 0 Å². The minimum atomic E-state index is -3.49. The van der Waals surface area contributed by atoms with Gasteiger partial charge in [-0.15, -0.1) is 0 Å². The summed E-state index contributed by atoms with van der Waals surface area (Å²) < 4.78 is 26.5. The summed E-state index contributed by atoms with van der Waals surface area (Å²) in [5.74, 6) is -0.165. The first-order valence-corrected chi connectivity index (χ1v) is 11.0. The Labute approximate surface area is 162 Å². The van der Waals surface area contributed by atoms with Crippen LogP contribution in [0.4, 0.5) is 0 Å². The molecule has 1 amide bonds. The van der Waals surface area contributed by atoms with Crippen molar-refractivity contribution in [1.82, 2.24) is 9.21 Å². The van der Waals surface area contributed by atoms with E-state index in [0.29, 0.717) is 13.1 Å². The quantitative estimate of drug-likeness (QED) is 0.723. The Morgan fingerprint density at radius 3 is 2.42 bits per heavy atom.